The molecule has 1 unspecified atom stereocenters. The summed E-state index contributed by atoms with van der Waals surface area (Å²) in [6, 6.07) is 17.2. The molecule has 0 radical (unpaired) electrons. The van der Waals surface area contributed by atoms with E-state index in [1.54, 1.807) is 31.0 Å². The maximum Gasteiger partial charge on any atom is 0.261 e. The first-order chi connectivity index (χ1) is 19.0. The fourth-order valence-corrected chi connectivity index (χ4v) is 9.07. The third kappa shape index (κ3) is 3.51. The van der Waals surface area contributed by atoms with Gasteiger partial charge in [-0.25, -0.2) is 4.89 Å². The van der Waals surface area contributed by atoms with Crippen molar-refractivity contribution in [1.29, 1.82) is 10.5 Å². The van der Waals surface area contributed by atoms with Crippen LogP contribution in [0.4, 0.5) is 0 Å². The van der Waals surface area contributed by atoms with E-state index < -0.39 is 11.4 Å². The minimum atomic E-state index is -1.10. The second-order valence-electron chi connectivity index (χ2n) is 11.3. The molecule has 0 amide bonds. The van der Waals surface area contributed by atoms with Gasteiger partial charge in [0.25, 0.3) is 5.79 Å². The topological polar surface area (TPSA) is 95.5 Å². The van der Waals surface area contributed by atoms with E-state index in [0.29, 0.717) is 17.4 Å². The zero-order valence-corrected chi connectivity index (χ0v) is 22.4. The lowest BCUT2D eigenvalue weighted by atomic mass is 9.47. The summed E-state index contributed by atoms with van der Waals surface area (Å²) < 4.78 is 6.26. The largest absolute Gasteiger partial charge is 0.508 e. The molecule has 6 aliphatic rings. The van der Waals surface area contributed by atoms with Gasteiger partial charge in [0.05, 0.1) is 0 Å². The molecule has 196 valence electrons. The number of methoxy groups -OCH3 is 1. The van der Waals surface area contributed by atoms with Gasteiger partial charge in [0.15, 0.2) is 5.60 Å². The van der Waals surface area contributed by atoms with E-state index in [1.165, 1.54) is 6.42 Å². The molecule has 4 aliphatic carbocycles. The molecule has 1 saturated heterocycles. The van der Waals surface area contributed by atoms with E-state index in [-0.39, 0.29) is 11.3 Å². The number of nitrogens with zero attached hydrogens (tertiary/aromatic N) is 2. The molecular formula is C32H28N2O4S. The highest BCUT2D eigenvalue weighted by Gasteiger charge is 2.76. The fourth-order valence-electron chi connectivity index (χ4n) is 8.07. The zero-order valence-electron chi connectivity index (χ0n) is 21.6. The highest BCUT2D eigenvalue weighted by atomic mass is 32.2. The number of hydrogen-bond acceptors (Lipinski definition) is 7. The van der Waals surface area contributed by atoms with Crippen molar-refractivity contribution < 1.29 is 19.6 Å². The number of hydrogen-bond donors (Lipinski definition) is 1. The highest BCUT2D eigenvalue weighted by Crippen LogP contribution is 2.69. The van der Waals surface area contributed by atoms with Crippen molar-refractivity contribution >= 4 is 23.4 Å². The van der Waals surface area contributed by atoms with Crippen molar-refractivity contribution in [2.24, 2.45) is 23.7 Å². The van der Waals surface area contributed by atoms with E-state index in [1.807, 2.05) is 60.7 Å². The number of phenols is 1. The molecule has 39 heavy (non-hydrogen) atoms. The molecule has 2 aromatic carbocycles. The Balaban J connectivity index is 1.29. The smallest absolute Gasteiger partial charge is 0.261 e. The van der Waals surface area contributed by atoms with Crippen molar-refractivity contribution in [2.75, 3.05) is 7.11 Å². The quantitative estimate of drug-likeness (QED) is 0.337. The molecule has 8 rings (SSSR count). The first-order valence-corrected chi connectivity index (χ1v) is 14.3. The number of nitriles is 2. The van der Waals surface area contributed by atoms with Crippen LogP contribution in [-0.4, -0.2) is 17.8 Å². The van der Waals surface area contributed by atoms with Gasteiger partial charge in [-0.3, -0.25) is 0 Å². The van der Waals surface area contributed by atoms with Gasteiger partial charge in [-0.15, -0.1) is 0 Å². The molecule has 0 aromatic heterocycles. The van der Waals surface area contributed by atoms with Crippen molar-refractivity contribution in [3.63, 3.8) is 0 Å². The number of ether oxygens (including phenoxy) is 1. The monoisotopic (exact) mass is 536 g/mol. The van der Waals surface area contributed by atoms with Crippen LogP contribution in [0.1, 0.15) is 48.8 Å². The maximum atomic E-state index is 10.6. The van der Waals surface area contributed by atoms with Gasteiger partial charge in [0.1, 0.15) is 23.5 Å². The Morgan fingerprint density at radius 2 is 1.72 bits per heavy atom. The first-order valence-electron chi connectivity index (χ1n) is 13.5. The second-order valence-corrected chi connectivity index (χ2v) is 12.5. The van der Waals surface area contributed by atoms with Crippen LogP contribution in [0.15, 0.2) is 70.0 Å². The Kier molecular flexibility index (Phi) is 5.77. The molecular weight excluding hydrogens is 508 g/mol. The van der Waals surface area contributed by atoms with E-state index in [4.69, 9.17) is 14.5 Å². The van der Waals surface area contributed by atoms with Gasteiger partial charge in [-0.2, -0.15) is 15.4 Å². The average Bonchev–Trinajstić information content (AvgIpc) is 2.93. The van der Waals surface area contributed by atoms with E-state index in [0.717, 1.165) is 64.0 Å². The predicted molar refractivity (Wildman–Crippen MR) is 146 cm³/mol. The lowest BCUT2D eigenvalue weighted by Gasteiger charge is -2.68. The Morgan fingerprint density at radius 3 is 2.36 bits per heavy atom. The molecule has 4 saturated carbocycles. The molecule has 2 aliphatic heterocycles. The minimum absolute atomic E-state index is 0.0844. The van der Waals surface area contributed by atoms with Crippen LogP contribution in [0.3, 0.4) is 0 Å². The predicted octanol–water partition coefficient (Wildman–Crippen LogP) is 6.85. The third-order valence-corrected chi connectivity index (χ3v) is 10.5. The van der Waals surface area contributed by atoms with E-state index >= 15 is 0 Å². The molecule has 2 aromatic rings. The summed E-state index contributed by atoms with van der Waals surface area (Å²) in [5.41, 5.74) is 2.64. The molecule has 4 bridgehead atoms. The maximum absolute atomic E-state index is 10.6. The number of thioether (sulfide) groups is 1. The fraction of sp³-hybridized carbons (Fsp3) is 0.375. The van der Waals surface area contributed by atoms with Gasteiger partial charge in [0.2, 0.25) is 0 Å². The van der Waals surface area contributed by atoms with Gasteiger partial charge < -0.3 is 9.84 Å². The molecule has 1 atom stereocenters. The van der Waals surface area contributed by atoms with Crippen LogP contribution < -0.4 is 0 Å². The Morgan fingerprint density at radius 1 is 1.00 bits per heavy atom. The minimum Gasteiger partial charge on any atom is -0.508 e. The van der Waals surface area contributed by atoms with Crippen LogP contribution in [0.5, 0.6) is 5.75 Å². The van der Waals surface area contributed by atoms with Gasteiger partial charge >= 0.3 is 0 Å². The molecule has 7 heteroatoms. The number of benzene rings is 2. The van der Waals surface area contributed by atoms with Crippen LogP contribution in [0.2, 0.25) is 0 Å². The van der Waals surface area contributed by atoms with Crippen molar-refractivity contribution in [3.05, 3.63) is 81.8 Å². The number of allylic oxidation sites excluding steroid dienone is 4. The van der Waals surface area contributed by atoms with E-state index in [9.17, 15) is 15.6 Å². The number of aromatic hydroxyl groups is 1. The average molecular weight is 537 g/mol. The molecule has 5 fully saturated rings. The molecule has 2 heterocycles. The number of rotatable bonds is 4. The number of fused-ring (bicyclic) bond motifs is 1. The summed E-state index contributed by atoms with van der Waals surface area (Å²) >= 11 is 1.59. The number of phenolic OH excluding ortho intramolecular Hbond substituents is 1. The molecule has 6 nitrogen and oxygen atoms in total. The standard InChI is InChI=1S/C32H28N2O4S/c1-36-32(31(37-38-32)23-11-19-10-20(13-23)14-24(31)12-19)29-15-25(35)8-6-21(29)7-9-26-16-28(22(17-33)18-34)27-4-2-3-5-30(27)39-26/h2-9,15-16,19-20,23-24,35H,10-14H2,1H3/b9-7+. The van der Waals surface area contributed by atoms with Gasteiger partial charge in [-0.1, -0.05) is 42.1 Å². The zero-order chi connectivity index (χ0) is 26.8. The summed E-state index contributed by atoms with van der Waals surface area (Å²) in [5.74, 6) is 1.27. The van der Waals surface area contributed by atoms with Crippen molar-refractivity contribution in [1.82, 2.24) is 0 Å². The Hall–Kier alpha value is -3.33. The van der Waals surface area contributed by atoms with Crippen LogP contribution in [0.25, 0.3) is 11.6 Å². The SMILES string of the molecule is COC1(c2cc(O)ccc2/C=C/C2=CC(=C(C#N)C#N)c3ccccc3S2)OOC12C1CC3CC(C1)CC2C3. The van der Waals surface area contributed by atoms with Crippen LogP contribution in [0, 0.1) is 46.3 Å². The summed E-state index contributed by atoms with van der Waals surface area (Å²) in [7, 11) is 1.67. The molecule has 1 N–H and O–H groups in total. The Labute approximate surface area is 232 Å². The normalized spacial score (nSPS) is 33.8. The van der Waals surface area contributed by atoms with Crippen LogP contribution >= 0.6 is 11.8 Å². The highest BCUT2D eigenvalue weighted by molar-refractivity contribution is 8.03. The van der Waals surface area contributed by atoms with Gasteiger partial charge in [0, 0.05) is 28.0 Å². The third-order valence-electron chi connectivity index (χ3n) is 9.45. The van der Waals surface area contributed by atoms with Crippen molar-refractivity contribution in [2.45, 2.75) is 48.4 Å². The summed E-state index contributed by atoms with van der Waals surface area (Å²) in [6.07, 6.45) is 11.7. The Bertz CT molecular complexity index is 1500. The first kappa shape index (κ1) is 24.7. The van der Waals surface area contributed by atoms with E-state index in [2.05, 4.69) is 0 Å². The lowest BCUT2D eigenvalue weighted by Crippen LogP contribution is -2.76. The van der Waals surface area contributed by atoms with Gasteiger partial charge in [-0.05, 0) is 97.3 Å². The summed E-state index contributed by atoms with van der Waals surface area (Å²) in [5, 5.41) is 29.7. The summed E-state index contributed by atoms with van der Waals surface area (Å²) in [4.78, 5) is 14.0. The van der Waals surface area contributed by atoms with Crippen LogP contribution in [-0.2, 0) is 20.3 Å². The lowest BCUT2D eigenvalue weighted by molar-refractivity contribution is -0.645. The second kappa shape index (κ2) is 9.11. The van der Waals surface area contributed by atoms with Crippen molar-refractivity contribution in [3.8, 4) is 17.9 Å². The molecule has 1 spiro atoms. The summed E-state index contributed by atoms with van der Waals surface area (Å²) in [6.45, 7) is 0.